The summed E-state index contributed by atoms with van der Waals surface area (Å²) < 4.78 is 5.85. The lowest BCUT2D eigenvalue weighted by Gasteiger charge is -2.40. The number of nitrogens with zero attached hydrogens (tertiary/aromatic N) is 1. The van der Waals surface area contributed by atoms with Crippen LogP contribution in [0.1, 0.15) is 48.9 Å². The van der Waals surface area contributed by atoms with E-state index >= 15 is 0 Å². The summed E-state index contributed by atoms with van der Waals surface area (Å²) in [5.41, 5.74) is 0.767. The number of hydrogen-bond acceptors (Lipinski definition) is 3. The van der Waals surface area contributed by atoms with E-state index in [-0.39, 0.29) is 5.91 Å². The minimum Gasteiger partial charge on any atom is -0.377 e. The van der Waals surface area contributed by atoms with E-state index in [0.717, 1.165) is 36.9 Å². The molecule has 4 nitrogen and oxygen atoms in total. The van der Waals surface area contributed by atoms with Gasteiger partial charge in [-0.1, -0.05) is 30.3 Å². The molecule has 0 saturated carbocycles. The van der Waals surface area contributed by atoms with Gasteiger partial charge in [-0.15, -0.1) is 0 Å². The normalized spacial score (nSPS) is 30.7. The molecule has 3 fully saturated rings. The van der Waals surface area contributed by atoms with Crippen LogP contribution >= 0.6 is 0 Å². The Bertz CT molecular complexity index is 816. The van der Waals surface area contributed by atoms with E-state index in [1.165, 1.54) is 31.1 Å². The number of piperidine rings is 1. The molecule has 0 spiro atoms. The molecular weight excluding hydrogens is 336 g/mol. The Morgan fingerprint density at radius 2 is 1.81 bits per heavy atom. The zero-order chi connectivity index (χ0) is 18.2. The highest BCUT2D eigenvalue weighted by Gasteiger charge is 2.42. The molecule has 2 unspecified atom stereocenters. The van der Waals surface area contributed by atoms with Gasteiger partial charge in [0.25, 0.3) is 5.91 Å². The summed E-state index contributed by atoms with van der Waals surface area (Å²) in [4.78, 5) is 15.5. The second kappa shape index (κ2) is 7.25. The van der Waals surface area contributed by atoms with E-state index in [4.69, 9.17) is 4.74 Å². The van der Waals surface area contributed by atoms with Crippen LogP contribution in [0.25, 0.3) is 10.8 Å². The van der Waals surface area contributed by atoms with Crippen LogP contribution in [0, 0.1) is 0 Å². The van der Waals surface area contributed by atoms with Crippen molar-refractivity contribution in [2.75, 3.05) is 13.2 Å². The van der Waals surface area contributed by atoms with Crippen LogP contribution in [-0.2, 0) is 4.74 Å². The number of fused-ring (bicyclic) bond motifs is 3. The minimum absolute atomic E-state index is 0.0673. The number of carbonyl (C=O) groups excluding carboxylic acids is 1. The van der Waals surface area contributed by atoms with Crippen LogP contribution in [0.5, 0.6) is 0 Å². The first-order chi connectivity index (χ1) is 13.3. The zero-order valence-corrected chi connectivity index (χ0v) is 15.8. The third kappa shape index (κ3) is 3.48. The van der Waals surface area contributed by atoms with E-state index in [0.29, 0.717) is 24.2 Å². The molecule has 4 heteroatoms. The number of hydrogen-bond donors (Lipinski definition) is 1. The molecule has 3 heterocycles. The molecule has 2 aromatic rings. The van der Waals surface area contributed by atoms with Crippen LogP contribution < -0.4 is 5.32 Å². The van der Waals surface area contributed by atoms with E-state index in [1.54, 1.807) is 0 Å². The molecule has 2 aromatic carbocycles. The summed E-state index contributed by atoms with van der Waals surface area (Å²) in [6, 6.07) is 15.7. The van der Waals surface area contributed by atoms with Gasteiger partial charge in [0.15, 0.2) is 0 Å². The first-order valence-electron chi connectivity index (χ1n) is 10.4. The number of ether oxygens (including phenoxy) is 1. The summed E-state index contributed by atoms with van der Waals surface area (Å²) in [7, 11) is 0. The Morgan fingerprint density at radius 3 is 2.56 bits per heavy atom. The molecule has 5 rings (SSSR count). The Morgan fingerprint density at radius 1 is 1.04 bits per heavy atom. The van der Waals surface area contributed by atoms with Crippen molar-refractivity contribution in [1.82, 2.24) is 10.2 Å². The van der Waals surface area contributed by atoms with Crippen molar-refractivity contribution in [2.24, 2.45) is 0 Å². The van der Waals surface area contributed by atoms with Crippen LogP contribution in [0.4, 0.5) is 0 Å². The van der Waals surface area contributed by atoms with Crippen molar-refractivity contribution in [3.63, 3.8) is 0 Å². The van der Waals surface area contributed by atoms with Gasteiger partial charge in [0.05, 0.1) is 6.10 Å². The van der Waals surface area contributed by atoms with Crippen molar-refractivity contribution in [3.05, 3.63) is 48.0 Å². The predicted octanol–water partition coefficient (Wildman–Crippen LogP) is 3.74. The summed E-state index contributed by atoms with van der Waals surface area (Å²) in [5, 5.41) is 5.62. The van der Waals surface area contributed by atoms with Gasteiger partial charge in [-0.2, -0.15) is 0 Å². The first kappa shape index (κ1) is 17.2. The number of benzene rings is 2. The summed E-state index contributed by atoms with van der Waals surface area (Å²) in [6.45, 7) is 2.01. The lowest BCUT2D eigenvalue weighted by Crippen LogP contribution is -2.52. The van der Waals surface area contributed by atoms with E-state index in [9.17, 15) is 4.79 Å². The molecule has 1 amide bonds. The van der Waals surface area contributed by atoms with Gasteiger partial charge >= 0.3 is 0 Å². The average Bonchev–Trinajstić information content (AvgIpc) is 3.28. The van der Waals surface area contributed by atoms with Crippen LogP contribution in [-0.4, -0.2) is 48.2 Å². The highest BCUT2D eigenvalue weighted by Crippen LogP contribution is 2.36. The summed E-state index contributed by atoms with van der Waals surface area (Å²) in [6.07, 6.45) is 7.51. The molecule has 0 aromatic heterocycles. The molecular formula is C23H28N2O2. The molecule has 2 bridgehead atoms. The highest BCUT2D eigenvalue weighted by molar-refractivity contribution is 5.98. The van der Waals surface area contributed by atoms with Crippen LogP contribution in [0.3, 0.4) is 0 Å². The fourth-order valence-electron chi connectivity index (χ4n) is 5.31. The Balaban J connectivity index is 1.23. The maximum atomic E-state index is 12.8. The fraction of sp³-hybridized carbons (Fsp3) is 0.522. The molecule has 0 radical (unpaired) electrons. The number of rotatable bonds is 4. The van der Waals surface area contributed by atoms with E-state index < -0.39 is 0 Å². The topological polar surface area (TPSA) is 41.6 Å². The molecule has 3 saturated heterocycles. The molecule has 3 aliphatic heterocycles. The van der Waals surface area contributed by atoms with E-state index in [2.05, 4.69) is 22.3 Å². The van der Waals surface area contributed by atoms with Gasteiger partial charge < -0.3 is 10.1 Å². The average molecular weight is 364 g/mol. The van der Waals surface area contributed by atoms with E-state index in [1.807, 2.05) is 30.3 Å². The number of amides is 1. The van der Waals surface area contributed by atoms with Crippen molar-refractivity contribution in [1.29, 1.82) is 0 Å². The van der Waals surface area contributed by atoms with Gasteiger partial charge in [-0.05, 0) is 61.4 Å². The monoisotopic (exact) mass is 364 g/mol. The smallest absolute Gasteiger partial charge is 0.251 e. The molecule has 4 atom stereocenters. The Labute approximate surface area is 160 Å². The Kier molecular flexibility index (Phi) is 4.62. The fourth-order valence-corrected chi connectivity index (χ4v) is 5.31. The predicted molar refractivity (Wildman–Crippen MR) is 107 cm³/mol. The first-order valence-corrected chi connectivity index (χ1v) is 10.4. The SMILES string of the molecule is O=C(NC1C[C@H]2CC[C@@H](C1)N2CC1CCCO1)c1ccc2ccccc2c1. The van der Waals surface area contributed by atoms with Crippen molar-refractivity contribution in [2.45, 2.75) is 62.8 Å². The lowest BCUT2D eigenvalue weighted by molar-refractivity contribution is 0.0332. The number of carbonyl (C=O) groups is 1. The molecule has 142 valence electrons. The van der Waals surface area contributed by atoms with Gasteiger partial charge in [-0.3, -0.25) is 9.69 Å². The van der Waals surface area contributed by atoms with Crippen molar-refractivity contribution >= 4 is 16.7 Å². The lowest BCUT2D eigenvalue weighted by atomic mass is 9.96. The second-order valence-corrected chi connectivity index (χ2v) is 8.42. The maximum Gasteiger partial charge on any atom is 0.251 e. The molecule has 27 heavy (non-hydrogen) atoms. The highest BCUT2D eigenvalue weighted by atomic mass is 16.5. The summed E-state index contributed by atoms with van der Waals surface area (Å²) in [5.74, 6) is 0.0673. The largest absolute Gasteiger partial charge is 0.377 e. The van der Waals surface area contributed by atoms with Crippen molar-refractivity contribution < 1.29 is 9.53 Å². The van der Waals surface area contributed by atoms with Crippen LogP contribution in [0.2, 0.25) is 0 Å². The maximum absolute atomic E-state index is 12.8. The number of nitrogens with one attached hydrogen (secondary N) is 1. The quantitative estimate of drug-likeness (QED) is 0.898. The standard InChI is InChI=1S/C23H28N2O2/c26-23(18-8-7-16-4-1-2-5-17(16)12-18)24-19-13-20-9-10-21(14-19)25(20)15-22-6-3-11-27-22/h1-2,4-5,7-8,12,19-22H,3,6,9-11,13-15H2,(H,24,26)/t19?,20-,21+,22?. The van der Waals surface area contributed by atoms with Gasteiger partial charge in [0.1, 0.15) is 0 Å². The van der Waals surface area contributed by atoms with Gasteiger partial charge in [0.2, 0.25) is 0 Å². The van der Waals surface area contributed by atoms with Crippen LogP contribution in [0.15, 0.2) is 42.5 Å². The Hall–Kier alpha value is -1.91. The van der Waals surface area contributed by atoms with Gasteiger partial charge in [0, 0.05) is 36.8 Å². The summed E-state index contributed by atoms with van der Waals surface area (Å²) >= 11 is 0. The molecule has 3 aliphatic rings. The third-order valence-corrected chi connectivity index (χ3v) is 6.67. The minimum atomic E-state index is 0.0673. The molecule has 0 aliphatic carbocycles. The molecule has 1 N–H and O–H groups in total. The van der Waals surface area contributed by atoms with Crippen molar-refractivity contribution in [3.8, 4) is 0 Å². The van der Waals surface area contributed by atoms with Gasteiger partial charge in [-0.25, -0.2) is 0 Å². The second-order valence-electron chi connectivity index (χ2n) is 8.42. The third-order valence-electron chi connectivity index (χ3n) is 6.67. The zero-order valence-electron chi connectivity index (χ0n) is 15.8.